The van der Waals surface area contributed by atoms with E-state index in [9.17, 15) is 9.59 Å². The molecule has 0 aliphatic heterocycles. The monoisotopic (exact) mass is 429 g/mol. The summed E-state index contributed by atoms with van der Waals surface area (Å²) in [7, 11) is 0. The number of carbonyl (C=O) groups excluding carboxylic acids is 1. The first-order valence-electron chi connectivity index (χ1n) is 9.33. The molecule has 1 amide bonds. The highest BCUT2D eigenvalue weighted by Crippen LogP contribution is 2.28. The number of thiophene rings is 1. The van der Waals surface area contributed by atoms with Gasteiger partial charge in [0.1, 0.15) is 11.5 Å². The molecule has 0 bridgehead atoms. The van der Waals surface area contributed by atoms with Crippen LogP contribution in [0.3, 0.4) is 0 Å². The van der Waals surface area contributed by atoms with E-state index in [0.29, 0.717) is 17.2 Å². The number of carbonyl (C=O) groups is 1. The second-order valence-electron chi connectivity index (χ2n) is 6.56. The third-order valence-electron chi connectivity index (χ3n) is 4.47. The summed E-state index contributed by atoms with van der Waals surface area (Å²) in [4.78, 5) is 33.1. The van der Waals surface area contributed by atoms with E-state index in [1.165, 1.54) is 28.3 Å². The van der Waals surface area contributed by atoms with Gasteiger partial charge in [0.15, 0.2) is 5.76 Å². The summed E-state index contributed by atoms with van der Waals surface area (Å²) < 4.78 is 6.58. The van der Waals surface area contributed by atoms with Crippen LogP contribution in [-0.4, -0.2) is 25.7 Å². The fourth-order valence-corrected chi connectivity index (χ4v) is 3.75. The van der Waals surface area contributed by atoms with Crippen LogP contribution in [0.25, 0.3) is 27.8 Å². The Morgan fingerprint density at radius 3 is 2.65 bits per heavy atom. The van der Waals surface area contributed by atoms with Crippen LogP contribution in [0.2, 0.25) is 0 Å². The smallest absolute Gasteiger partial charge is 0.292 e. The third kappa shape index (κ3) is 3.81. The summed E-state index contributed by atoms with van der Waals surface area (Å²) in [5.41, 5.74) is 1.59. The van der Waals surface area contributed by atoms with Crippen LogP contribution in [0.1, 0.15) is 10.6 Å². The van der Waals surface area contributed by atoms with Gasteiger partial charge in [-0.3, -0.25) is 14.6 Å². The quantitative estimate of drug-likeness (QED) is 0.436. The van der Waals surface area contributed by atoms with Crippen molar-refractivity contribution in [2.75, 3.05) is 5.32 Å². The van der Waals surface area contributed by atoms with Crippen molar-refractivity contribution in [2.24, 2.45) is 0 Å². The summed E-state index contributed by atoms with van der Waals surface area (Å²) in [6, 6.07) is 19.5. The number of H-pyrrole nitrogens is 1. The Bertz CT molecular complexity index is 1390. The molecule has 9 heteroatoms. The number of aromatic nitrogens is 4. The molecule has 0 spiro atoms. The molecule has 5 rings (SSSR count). The van der Waals surface area contributed by atoms with E-state index in [1.807, 2.05) is 47.8 Å². The molecule has 152 valence electrons. The molecule has 0 saturated carbocycles. The van der Waals surface area contributed by atoms with E-state index in [0.717, 1.165) is 10.4 Å². The van der Waals surface area contributed by atoms with Gasteiger partial charge in [0.25, 0.3) is 11.5 Å². The molecule has 0 aliphatic carbocycles. The van der Waals surface area contributed by atoms with E-state index < -0.39 is 5.91 Å². The predicted octanol–water partition coefficient (Wildman–Crippen LogP) is 4.20. The molecule has 8 nitrogen and oxygen atoms in total. The van der Waals surface area contributed by atoms with Crippen molar-refractivity contribution in [1.82, 2.24) is 19.7 Å². The molecule has 0 atom stereocenters. The second kappa shape index (κ2) is 7.88. The van der Waals surface area contributed by atoms with Gasteiger partial charge >= 0.3 is 0 Å². The van der Waals surface area contributed by atoms with E-state index in [-0.39, 0.29) is 17.3 Å². The normalized spacial score (nSPS) is 10.8. The highest BCUT2D eigenvalue weighted by atomic mass is 32.1. The summed E-state index contributed by atoms with van der Waals surface area (Å²) in [5.74, 6) is 0.248. The molecule has 0 aliphatic rings. The standard InChI is InChI=1S/C22H15N5O3S/c28-20-13-15(14-6-2-1-3-7-14)23-22(25-20)27-19(24-21(29)17-8-4-10-30-17)12-16(26-27)18-9-5-11-31-18/h1-13H,(H,24,29)(H,23,25,28). The lowest BCUT2D eigenvalue weighted by atomic mass is 10.1. The Morgan fingerprint density at radius 2 is 1.90 bits per heavy atom. The molecule has 0 saturated heterocycles. The summed E-state index contributed by atoms with van der Waals surface area (Å²) in [6.07, 6.45) is 1.42. The van der Waals surface area contributed by atoms with Crippen molar-refractivity contribution in [3.05, 3.63) is 94.5 Å². The molecule has 4 aromatic heterocycles. The number of nitrogens with zero attached hydrogens (tertiary/aromatic N) is 3. The second-order valence-corrected chi connectivity index (χ2v) is 7.50. The molecule has 0 fully saturated rings. The van der Waals surface area contributed by atoms with E-state index in [4.69, 9.17) is 4.42 Å². The lowest BCUT2D eigenvalue weighted by Crippen LogP contribution is -2.18. The maximum absolute atomic E-state index is 12.6. The van der Waals surface area contributed by atoms with Crippen molar-refractivity contribution in [3.63, 3.8) is 0 Å². The number of furan rings is 1. The zero-order valence-electron chi connectivity index (χ0n) is 16.0. The number of hydrogen-bond acceptors (Lipinski definition) is 6. The largest absolute Gasteiger partial charge is 0.459 e. The number of anilines is 1. The van der Waals surface area contributed by atoms with Gasteiger partial charge in [-0.25, -0.2) is 4.98 Å². The van der Waals surface area contributed by atoms with Gasteiger partial charge in [-0.2, -0.15) is 9.78 Å². The molecule has 31 heavy (non-hydrogen) atoms. The highest BCUT2D eigenvalue weighted by molar-refractivity contribution is 7.13. The molecule has 1 aromatic carbocycles. The molecule has 0 unspecified atom stereocenters. The first-order chi connectivity index (χ1) is 15.2. The summed E-state index contributed by atoms with van der Waals surface area (Å²) in [6.45, 7) is 0. The Morgan fingerprint density at radius 1 is 1.03 bits per heavy atom. The van der Waals surface area contributed by atoms with Crippen molar-refractivity contribution in [1.29, 1.82) is 0 Å². The number of amides is 1. The lowest BCUT2D eigenvalue weighted by Gasteiger charge is -2.08. The summed E-state index contributed by atoms with van der Waals surface area (Å²) in [5, 5.41) is 9.30. The van der Waals surface area contributed by atoms with Crippen LogP contribution < -0.4 is 10.9 Å². The Hall–Kier alpha value is -4.24. The van der Waals surface area contributed by atoms with Gasteiger partial charge in [-0.1, -0.05) is 36.4 Å². The average Bonchev–Trinajstić information content (AvgIpc) is 3.55. The minimum atomic E-state index is -0.439. The van der Waals surface area contributed by atoms with Crippen molar-refractivity contribution in [2.45, 2.75) is 0 Å². The Balaban J connectivity index is 1.62. The highest BCUT2D eigenvalue weighted by Gasteiger charge is 2.18. The fraction of sp³-hybridized carbons (Fsp3) is 0. The van der Waals surface area contributed by atoms with Gasteiger partial charge in [-0.05, 0) is 23.6 Å². The van der Waals surface area contributed by atoms with E-state index in [1.54, 1.807) is 18.2 Å². The molecule has 5 aromatic rings. The van der Waals surface area contributed by atoms with Gasteiger partial charge in [0.2, 0.25) is 5.95 Å². The van der Waals surface area contributed by atoms with Crippen LogP contribution in [0.4, 0.5) is 5.82 Å². The van der Waals surface area contributed by atoms with Gasteiger partial charge in [0, 0.05) is 17.7 Å². The molecular formula is C22H15N5O3S. The van der Waals surface area contributed by atoms with E-state index >= 15 is 0 Å². The van der Waals surface area contributed by atoms with Gasteiger partial charge < -0.3 is 9.73 Å². The zero-order valence-corrected chi connectivity index (χ0v) is 16.8. The van der Waals surface area contributed by atoms with Crippen molar-refractivity contribution >= 4 is 23.1 Å². The number of rotatable bonds is 5. The summed E-state index contributed by atoms with van der Waals surface area (Å²) >= 11 is 1.51. The molecule has 0 radical (unpaired) electrons. The van der Waals surface area contributed by atoms with Crippen LogP contribution in [-0.2, 0) is 0 Å². The SMILES string of the molecule is O=C(Nc1cc(-c2cccs2)nn1-c1nc(-c2ccccc2)cc(=O)[nH]1)c1ccco1. The minimum absolute atomic E-state index is 0.157. The number of aromatic amines is 1. The maximum Gasteiger partial charge on any atom is 0.292 e. The molecule has 2 N–H and O–H groups in total. The number of nitrogens with one attached hydrogen (secondary N) is 2. The topological polar surface area (TPSA) is 106 Å². The fourth-order valence-electron chi connectivity index (χ4n) is 3.06. The first-order valence-corrected chi connectivity index (χ1v) is 10.2. The predicted molar refractivity (Wildman–Crippen MR) is 117 cm³/mol. The lowest BCUT2D eigenvalue weighted by molar-refractivity contribution is 0.0996. The van der Waals surface area contributed by atoms with Crippen LogP contribution >= 0.6 is 11.3 Å². The van der Waals surface area contributed by atoms with Gasteiger partial charge in [0.05, 0.1) is 16.8 Å². The zero-order chi connectivity index (χ0) is 21.2. The maximum atomic E-state index is 12.6. The first kappa shape index (κ1) is 18.8. The van der Waals surface area contributed by atoms with Crippen molar-refractivity contribution in [3.8, 4) is 27.8 Å². The van der Waals surface area contributed by atoms with Gasteiger partial charge in [-0.15, -0.1) is 11.3 Å². The van der Waals surface area contributed by atoms with E-state index in [2.05, 4.69) is 20.4 Å². The number of benzene rings is 1. The minimum Gasteiger partial charge on any atom is -0.459 e. The van der Waals surface area contributed by atoms with Crippen LogP contribution in [0.5, 0.6) is 0 Å². The average molecular weight is 429 g/mol. The number of hydrogen-bond donors (Lipinski definition) is 2. The third-order valence-corrected chi connectivity index (χ3v) is 5.36. The van der Waals surface area contributed by atoms with Crippen LogP contribution in [0.15, 0.2) is 87.6 Å². The Labute approximate surface area is 179 Å². The Kier molecular flexibility index (Phi) is 4.77. The molecular weight excluding hydrogens is 414 g/mol. The molecule has 4 heterocycles. The van der Waals surface area contributed by atoms with Crippen LogP contribution in [0, 0.1) is 0 Å². The van der Waals surface area contributed by atoms with Crippen molar-refractivity contribution < 1.29 is 9.21 Å².